The smallest absolute Gasteiger partial charge is 0.264 e. The third-order valence-electron chi connectivity index (χ3n) is 3.41. The lowest BCUT2D eigenvalue weighted by Crippen LogP contribution is -2.45. The van der Waals surface area contributed by atoms with Crippen molar-refractivity contribution in [2.24, 2.45) is 11.7 Å². The van der Waals surface area contributed by atoms with Crippen LogP contribution in [-0.2, 0) is 0 Å². The van der Waals surface area contributed by atoms with E-state index >= 15 is 0 Å². The summed E-state index contributed by atoms with van der Waals surface area (Å²) in [5.41, 5.74) is 7.85. The lowest BCUT2D eigenvalue weighted by molar-refractivity contribution is -0.00968. The van der Waals surface area contributed by atoms with Gasteiger partial charge in [0.05, 0.1) is 6.04 Å². The summed E-state index contributed by atoms with van der Waals surface area (Å²) >= 11 is 0. The summed E-state index contributed by atoms with van der Waals surface area (Å²) in [6, 6.07) is -1.10. The van der Waals surface area contributed by atoms with E-state index in [1.54, 1.807) is 0 Å². The van der Waals surface area contributed by atoms with E-state index in [2.05, 4.69) is 5.32 Å². The van der Waals surface area contributed by atoms with Crippen LogP contribution in [0.3, 0.4) is 0 Å². The zero-order valence-electron chi connectivity index (χ0n) is 10.5. The van der Waals surface area contributed by atoms with Gasteiger partial charge in [0, 0.05) is 24.6 Å². The molecule has 0 fully saturated rings. The molecule has 4 heteroatoms. The van der Waals surface area contributed by atoms with Crippen LogP contribution in [-0.4, -0.2) is 18.0 Å². The Kier molecular flexibility index (Phi) is 3.39. The standard InChI is InChI=1S/C14H18F2N2/c1-9(14(2,15)16)18-12-8-4-6-10-5-3-7-11(17)13(10)12/h3-9,11,13,18H,17H2,1-2H3. The van der Waals surface area contributed by atoms with Gasteiger partial charge >= 0.3 is 0 Å². The third kappa shape index (κ3) is 2.53. The molecule has 0 aliphatic heterocycles. The SMILES string of the molecule is CC(NC1=CC=CC2=CC=CC(N)C21)C(C)(F)F. The van der Waals surface area contributed by atoms with Gasteiger partial charge in [-0.25, -0.2) is 8.78 Å². The number of hydrogen-bond donors (Lipinski definition) is 2. The van der Waals surface area contributed by atoms with Crippen LogP contribution in [0.2, 0.25) is 0 Å². The highest BCUT2D eigenvalue weighted by molar-refractivity contribution is 5.44. The van der Waals surface area contributed by atoms with Crippen LogP contribution in [0.25, 0.3) is 0 Å². The maximum atomic E-state index is 13.2. The van der Waals surface area contributed by atoms with Gasteiger partial charge in [-0.15, -0.1) is 0 Å². The molecular weight excluding hydrogens is 234 g/mol. The Hall–Kier alpha value is -1.42. The molecule has 3 atom stereocenters. The molecule has 0 radical (unpaired) electrons. The maximum Gasteiger partial charge on any atom is 0.264 e. The molecule has 0 saturated carbocycles. The van der Waals surface area contributed by atoms with E-state index in [0.29, 0.717) is 0 Å². The molecule has 2 aliphatic carbocycles. The Bertz CT molecular complexity index is 441. The van der Waals surface area contributed by atoms with E-state index < -0.39 is 12.0 Å². The first-order valence-electron chi connectivity index (χ1n) is 6.06. The van der Waals surface area contributed by atoms with Gasteiger partial charge in [0.2, 0.25) is 0 Å². The largest absolute Gasteiger partial charge is 0.379 e. The molecule has 0 aromatic carbocycles. The van der Waals surface area contributed by atoms with Gasteiger partial charge < -0.3 is 11.1 Å². The first-order chi connectivity index (χ1) is 8.39. The van der Waals surface area contributed by atoms with Crippen molar-refractivity contribution in [3.05, 3.63) is 47.7 Å². The third-order valence-corrected chi connectivity index (χ3v) is 3.41. The van der Waals surface area contributed by atoms with Crippen LogP contribution in [0.15, 0.2) is 47.7 Å². The van der Waals surface area contributed by atoms with E-state index in [0.717, 1.165) is 18.2 Å². The van der Waals surface area contributed by atoms with Crippen LogP contribution in [0, 0.1) is 5.92 Å². The fraction of sp³-hybridized carbons (Fsp3) is 0.429. The van der Waals surface area contributed by atoms with E-state index in [4.69, 9.17) is 5.73 Å². The molecule has 0 bridgehead atoms. The van der Waals surface area contributed by atoms with Crippen molar-refractivity contribution in [1.82, 2.24) is 5.32 Å². The van der Waals surface area contributed by atoms with Gasteiger partial charge in [-0.2, -0.15) is 0 Å². The summed E-state index contributed by atoms with van der Waals surface area (Å²) in [4.78, 5) is 0. The summed E-state index contributed by atoms with van der Waals surface area (Å²) in [7, 11) is 0. The first kappa shape index (κ1) is 13.0. The van der Waals surface area contributed by atoms with Gasteiger partial charge in [0.25, 0.3) is 5.92 Å². The normalized spacial score (nSPS) is 28.3. The van der Waals surface area contributed by atoms with Crippen molar-refractivity contribution in [1.29, 1.82) is 0 Å². The lowest BCUT2D eigenvalue weighted by atomic mass is 9.82. The average Bonchev–Trinajstić information content (AvgIpc) is 2.28. The number of allylic oxidation sites excluding steroid dienone is 5. The highest BCUT2D eigenvalue weighted by atomic mass is 19.3. The van der Waals surface area contributed by atoms with Crippen molar-refractivity contribution in [3.63, 3.8) is 0 Å². The Labute approximate surface area is 106 Å². The van der Waals surface area contributed by atoms with E-state index in [-0.39, 0.29) is 12.0 Å². The molecule has 0 spiro atoms. The number of nitrogens with two attached hydrogens (primary N) is 1. The average molecular weight is 252 g/mol. The summed E-state index contributed by atoms with van der Waals surface area (Å²) in [5.74, 6) is -2.81. The topological polar surface area (TPSA) is 38.0 Å². The second-order valence-corrected chi connectivity index (χ2v) is 4.91. The Morgan fingerprint density at radius 2 is 2.06 bits per heavy atom. The van der Waals surface area contributed by atoms with Gasteiger partial charge in [-0.1, -0.05) is 30.4 Å². The van der Waals surface area contributed by atoms with Crippen LogP contribution in [0.4, 0.5) is 8.78 Å². The van der Waals surface area contributed by atoms with Crippen molar-refractivity contribution in [3.8, 4) is 0 Å². The molecule has 2 rings (SSSR count). The quantitative estimate of drug-likeness (QED) is 0.810. The predicted octanol–water partition coefficient (Wildman–Crippen LogP) is 2.51. The van der Waals surface area contributed by atoms with E-state index in [9.17, 15) is 8.78 Å². The van der Waals surface area contributed by atoms with Crippen LogP contribution in [0.1, 0.15) is 13.8 Å². The highest BCUT2D eigenvalue weighted by Crippen LogP contribution is 2.31. The highest BCUT2D eigenvalue weighted by Gasteiger charge is 2.34. The van der Waals surface area contributed by atoms with Crippen LogP contribution in [0.5, 0.6) is 0 Å². The Balaban J connectivity index is 2.18. The minimum atomic E-state index is -2.76. The minimum Gasteiger partial charge on any atom is -0.379 e. The molecule has 0 aromatic rings. The molecule has 3 unspecified atom stereocenters. The maximum absolute atomic E-state index is 13.2. The van der Waals surface area contributed by atoms with Crippen molar-refractivity contribution >= 4 is 0 Å². The fourth-order valence-electron chi connectivity index (χ4n) is 2.16. The van der Waals surface area contributed by atoms with Crippen LogP contribution < -0.4 is 11.1 Å². The van der Waals surface area contributed by atoms with E-state index in [1.807, 2.05) is 36.5 Å². The molecule has 18 heavy (non-hydrogen) atoms. The van der Waals surface area contributed by atoms with Gasteiger partial charge in [0.1, 0.15) is 0 Å². The number of rotatable bonds is 3. The molecule has 0 heterocycles. The molecule has 0 amide bonds. The van der Waals surface area contributed by atoms with Gasteiger partial charge in [0.15, 0.2) is 0 Å². The minimum absolute atomic E-state index is 0.0511. The summed E-state index contributed by atoms with van der Waals surface area (Å²) in [6.45, 7) is 2.40. The fourth-order valence-corrected chi connectivity index (χ4v) is 2.16. The van der Waals surface area contributed by atoms with Gasteiger partial charge in [-0.3, -0.25) is 0 Å². The first-order valence-corrected chi connectivity index (χ1v) is 6.06. The molecular formula is C14H18F2N2. The molecule has 0 aromatic heterocycles. The predicted molar refractivity (Wildman–Crippen MR) is 69.1 cm³/mol. The molecule has 3 N–H and O–H groups in total. The Morgan fingerprint density at radius 3 is 2.72 bits per heavy atom. The summed E-state index contributed by atoms with van der Waals surface area (Å²) in [6.07, 6.45) is 11.4. The van der Waals surface area contributed by atoms with Crippen molar-refractivity contribution in [2.75, 3.05) is 0 Å². The number of alkyl halides is 2. The molecule has 2 nitrogen and oxygen atoms in total. The number of hydrogen-bond acceptors (Lipinski definition) is 2. The van der Waals surface area contributed by atoms with Crippen LogP contribution >= 0.6 is 0 Å². The second-order valence-electron chi connectivity index (χ2n) is 4.91. The van der Waals surface area contributed by atoms with Crippen molar-refractivity contribution < 1.29 is 8.78 Å². The monoisotopic (exact) mass is 252 g/mol. The molecule has 98 valence electrons. The zero-order chi connectivity index (χ0) is 13.3. The summed E-state index contributed by atoms with van der Waals surface area (Å²) < 4.78 is 26.4. The second kappa shape index (κ2) is 4.69. The lowest BCUT2D eigenvalue weighted by Gasteiger charge is -2.33. The zero-order valence-corrected chi connectivity index (χ0v) is 10.5. The summed E-state index contributed by atoms with van der Waals surface area (Å²) in [5, 5.41) is 2.89. The number of halogens is 2. The Morgan fingerprint density at radius 1 is 1.33 bits per heavy atom. The van der Waals surface area contributed by atoms with Gasteiger partial charge in [-0.05, 0) is 18.6 Å². The number of fused-ring (bicyclic) bond motifs is 1. The molecule has 0 saturated heterocycles. The number of nitrogens with one attached hydrogen (secondary N) is 1. The van der Waals surface area contributed by atoms with E-state index in [1.165, 1.54) is 6.92 Å². The molecule has 2 aliphatic rings. The van der Waals surface area contributed by atoms with Crippen molar-refractivity contribution in [2.45, 2.75) is 31.9 Å².